The molecule has 7 heteroatoms. The van der Waals surface area contributed by atoms with Crippen molar-refractivity contribution in [3.63, 3.8) is 0 Å². The molecule has 0 unspecified atom stereocenters. The number of anilines is 2. The van der Waals surface area contributed by atoms with Crippen LogP contribution < -0.4 is 10.2 Å². The molecule has 126 valence electrons. The van der Waals surface area contributed by atoms with Crippen LogP contribution in [0.3, 0.4) is 0 Å². The molecule has 0 spiro atoms. The number of piperazine rings is 1. The molecule has 0 bridgehead atoms. The summed E-state index contributed by atoms with van der Waals surface area (Å²) < 4.78 is 13.0. The predicted octanol–water partition coefficient (Wildman–Crippen LogP) is 4.49. The monoisotopic (exact) mass is 367 g/mol. The summed E-state index contributed by atoms with van der Waals surface area (Å²) in [5, 5.41) is 3.74. The Morgan fingerprint density at radius 1 is 1.00 bits per heavy atom. The molecule has 2 amide bonds. The zero-order valence-corrected chi connectivity index (χ0v) is 14.3. The fourth-order valence-corrected chi connectivity index (χ4v) is 2.94. The summed E-state index contributed by atoms with van der Waals surface area (Å²) in [7, 11) is 0. The van der Waals surface area contributed by atoms with E-state index in [1.165, 1.54) is 12.1 Å². The maximum absolute atomic E-state index is 13.0. The van der Waals surface area contributed by atoms with Crippen molar-refractivity contribution in [3.05, 3.63) is 58.3 Å². The van der Waals surface area contributed by atoms with Gasteiger partial charge in [0.25, 0.3) is 0 Å². The van der Waals surface area contributed by atoms with Gasteiger partial charge < -0.3 is 15.1 Å². The number of amides is 2. The van der Waals surface area contributed by atoms with Gasteiger partial charge in [-0.25, -0.2) is 9.18 Å². The van der Waals surface area contributed by atoms with Crippen molar-refractivity contribution in [1.82, 2.24) is 4.90 Å². The minimum Gasteiger partial charge on any atom is -0.368 e. The third-order valence-corrected chi connectivity index (χ3v) is 4.49. The Bertz CT molecular complexity index is 731. The number of carbonyl (C=O) groups is 1. The molecule has 2 aromatic rings. The lowest BCUT2D eigenvalue weighted by molar-refractivity contribution is 0.208. The Morgan fingerprint density at radius 2 is 1.67 bits per heavy atom. The van der Waals surface area contributed by atoms with E-state index in [0.717, 1.165) is 5.69 Å². The van der Waals surface area contributed by atoms with Crippen LogP contribution in [-0.2, 0) is 0 Å². The molecule has 1 fully saturated rings. The fourth-order valence-electron chi connectivity index (χ4n) is 2.61. The van der Waals surface area contributed by atoms with Gasteiger partial charge in [-0.05, 0) is 42.5 Å². The van der Waals surface area contributed by atoms with Gasteiger partial charge in [0.1, 0.15) is 5.82 Å². The summed E-state index contributed by atoms with van der Waals surface area (Å²) in [5.74, 6) is -0.254. The smallest absolute Gasteiger partial charge is 0.322 e. The molecule has 1 aliphatic rings. The second kappa shape index (κ2) is 7.28. The maximum atomic E-state index is 13.0. The molecule has 3 rings (SSSR count). The highest BCUT2D eigenvalue weighted by atomic mass is 35.5. The lowest BCUT2D eigenvalue weighted by Crippen LogP contribution is -2.50. The second-order valence-electron chi connectivity index (χ2n) is 5.50. The van der Waals surface area contributed by atoms with Crippen LogP contribution in [-0.4, -0.2) is 37.1 Å². The number of carbonyl (C=O) groups excluding carboxylic acids is 1. The van der Waals surface area contributed by atoms with Gasteiger partial charge >= 0.3 is 6.03 Å². The summed E-state index contributed by atoms with van der Waals surface area (Å²) in [6.45, 7) is 2.51. The Morgan fingerprint density at radius 3 is 2.33 bits per heavy atom. The van der Waals surface area contributed by atoms with Crippen LogP contribution in [0.2, 0.25) is 10.0 Å². The predicted molar refractivity (Wildman–Crippen MR) is 95.7 cm³/mol. The van der Waals surface area contributed by atoms with Crippen molar-refractivity contribution in [1.29, 1.82) is 0 Å². The largest absolute Gasteiger partial charge is 0.368 e. The molecule has 1 heterocycles. The highest BCUT2D eigenvalue weighted by molar-refractivity contribution is 6.35. The highest BCUT2D eigenvalue weighted by Crippen LogP contribution is 2.26. The van der Waals surface area contributed by atoms with E-state index in [-0.39, 0.29) is 11.8 Å². The summed E-state index contributed by atoms with van der Waals surface area (Å²) in [6, 6.07) is 11.1. The number of nitrogens with one attached hydrogen (secondary N) is 1. The maximum Gasteiger partial charge on any atom is 0.322 e. The average molecular weight is 368 g/mol. The van der Waals surface area contributed by atoms with E-state index in [4.69, 9.17) is 23.2 Å². The Balaban J connectivity index is 1.59. The van der Waals surface area contributed by atoms with Gasteiger partial charge in [0.15, 0.2) is 0 Å². The Hall–Kier alpha value is -1.98. The van der Waals surface area contributed by atoms with E-state index < -0.39 is 0 Å². The summed E-state index contributed by atoms with van der Waals surface area (Å²) in [4.78, 5) is 16.2. The Kier molecular flexibility index (Phi) is 5.11. The third kappa shape index (κ3) is 3.91. The number of hydrogen-bond acceptors (Lipinski definition) is 2. The van der Waals surface area contributed by atoms with Gasteiger partial charge in [0.2, 0.25) is 0 Å². The third-order valence-electron chi connectivity index (χ3n) is 3.93. The van der Waals surface area contributed by atoms with Gasteiger partial charge in [-0.3, -0.25) is 0 Å². The second-order valence-corrected chi connectivity index (χ2v) is 6.35. The molecule has 0 radical (unpaired) electrons. The number of nitrogens with zero attached hydrogens (tertiary/aromatic N) is 2. The van der Waals surface area contributed by atoms with Crippen molar-refractivity contribution in [3.8, 4) is 0 Å². The highest BCUT2D eigenvalue weighted by Gasteiger charge is 2.22. The average Bonchev–Trinajstić information content (AvgIpc) is 2.59. The standard InChI is InChI=1S/C17H16Cl2FN3O/c18-12-1-6-15(19)16(11-12)21-17(24)23-9-7-22(8-10-23)14-4-2-13(20)3-5-14/h1-6,11H,7-10H2,(H,21,24). The van der Waals surface area contributed by atoms with E-state index in [1.807, 2.05) is 0 Å². The van der Waals surface area contributed by atoms with E-state index in [2.05, 4.69) is 10.2 Å². The minimum atomic E-state index is -0.254. The molecule has 4 nitrogen and oxygen atoms in total. The molecule has 0 aromatic heterocycles. The lowest BCUT2D eigenvalue weighted by atomic mass is 10.2. The molecule has 2 aromatic carbocycles. The molecule has 1 saturated heterocycles. The fraction of sp³-hybridized carbons (Fsp3) is 0.235. The van der Waals surface area contributed by atoms with Gasteiger partial charge in [-0.2, -0.15) is 0 Å². The van der Waals surface area contributed by atoms with Gasteiger partial charge in [-0.1, -0.05) is 23.2 Å². The van der Waals surface area contributed by atoms with Crippen LogP contribution >= 0.6 is 23.2 Å². The number of benzene rings is 2. The normalized spacial score (nSPS) is 14.6. The van der Waals surface area contributed by atoms with Crippen molar-refractivity contribution >= 4 is 40.6 Å². The summed E-state index contributed by atoms with van der Waals surface area (Å²) in [5.41, 5.74) is 1.45. The molecule has 1 aliphatic heterocycles. The lowest BCUT2D eigenvalue weighted by Gasteiger charge is -2.36. The molecule has 1 N–H and O–H groups in total. The van der Waals surface area contributed by atoms with Crippen LogP contribution in [0, 0.1) is 5.82 Å². The first-order valence-electron chi connectivity index (χ1n) is 7.54. The van der Waals surface area contributed by atoms with Crippen LogP contribution in [0.1, 0.15) is 0 Å². The minimum absolute atomic E-state index is 0.210. The number of halogens is 3. The first-order chi connectivity index (χ1) is 11.5. The number of rotatable bonds is 2. The Labute approximate surface area is 149 Å². The van der Waals surface area contributed by atoms with Crippen molar-refractivity contribution < 1.29 is 9.18 Å². The number of hydrogen-bond donors (Lipinski definition) is 1. The van der Waals surface area contributed by atoms with E-state index >= 15 is 0 Å². The van der Waals surface area contributed by atoms with Crippen molar-refractivity contribution in [2.75, 3.05) is 36.4 Å². The molecule has 0 aliphatic carbocycles. The first-order valence-corrected chi connectivity index (χ1v) is 8.30. The van der Waals surface area contributed by atoms with Crippen LogP contribution in [0.25, 0.3) is 0 Å². The zero-order valence-electron chi connectivity index (χ0n) is 12.8. The zero-order chi connectivity index (χ0) is 17.1. The summed E-state index contributed by atoms with van der Waals surface area (Å²) >= 11 is 12.0. The van der Waals surface area contributed by atoms with Gasteiger partial charge in [0.05, 0.1) is 10.7 Å². The molecule has 0 saturated carbocycles. The molecular weight excluding hydrogens is 352 g/mol. The van der Waals surface area contributed by atoms with Gasteiger partial charge in [-0.15, -0.1) is 0 Å². The van der Waals surface area contributed by atoms with Crippen molar-refractivity contribution in [2.45, 2.75) is 0 Å². The molecule has 0 atom stereocenters. The van der Waals surface area contributed by atoms with Gasteiger partial charge in [0, 0.05) is 36.9 Å². The molecule has 24 heavy (non-hydrogen) atoms. The SMILES string of the molecule is O=C(Nc1cc(Cl)ccc1Cl)N1CCN(c2ccc(F)cc2)CC1. The summed E-state index contributed by atoms with van der Waals surface area (Å²) in [6.07, 6.45) is 0. The quantitative estimate of drug-likeness (QED) is 0.848. The van der Waals surface area contributed by atoms with E-state index in [1.54, 1.807) is 35.2 Å². The van der Waals surface area contributed by atoms with Crippen LogP contribution in [0.15, 0.2) is 42.5 Å². The molecular formula is C17H16Cl2FN3O. The van der Waals surface area contributed by atoms with E-state index in [0.29, 0.717) is 41.9 Å². The topological polar surface area (TPSA) is 35.6 Å². The van der Waals surface area contributed by atoms with Crippen LogP contribution in [0.5, 0.6) is 0 Å². The van der Waals surface area contributed by atoms with E-state index in [9.17, 15) is 9.18 Å². The number of urea groups is 1. The van der Waals surface area contributed by atoms with Crippen LogP contribution in [0.4, 0.5) is 20.6 Å². The van der Waals surface area contributed by atoms with Crippen molar-refractivity contribution in [2.24, 2.45) is 0 Å². The first kappa shape index (κ1) is 16.9.